The minimum Gasteiger partial charge on any atom is -0.469 e. The minimum atomic E-state index is -0.203. The summed E-state index contributed by atoms with van der Waals surface area (Å²) in [6.07, 6.45) is 1.09. The van der Waals surface area contributed by atoms with Gasteiger partial charge in [-0.3, -0.25) is 9.59 Å². The first kappa shape index (κ1) is 10.0. The van der Waals surface area contributed by atoms with Crippen molar-refractivity contribution in [2.24, 2.45) is 5.92 Å². The number of nitrogens with zero attached hydrogens (tertiary/aromatic N) is 1. The van der Waals surface area contributed by atoms with Gasteiger partial charge in [0.05, 0.1) is 13.0 Å². The second kappa shape index (κ2) is 4.25. The van der Waals surface area contributed by atoms with E-state index in [1.165, 1.54) is 7.11 Å². The number of methoxy groups -OCH3 is 1. The molecule has 1 atom stereocenters. The molecule has 1 aliphatic rings. The van der Waals surface area contributed by atoms with E-state index in [9.17, 15) is 9.59 Å². The molecule has 1 rings (SSSR count). The number of hydrogen-bond acceptors (Lipinski definition) is 3. The Morgan fingerprint density at radius 3 is 2.92 bits per heavy atom. The van der Waals surface area contributed by atoms with Gasteiger partial charge in [0.2, 0.25) is 5.91 Å². The van der Waals surface area contributed by atoms with Crippen LogP contribution in [0.1, 0.15) is 19.8 Å². The molecule has 0 aromatic rings. The van der Waals surface area contributed by atoms with Crippen molar-refractivity contribution in [3.05, 3.63) is 0 Å². The standard InChI is InChI=1S/C9H15NO3/c1-3-10-6-7(9(12)13-2)4-5-8(10)11/h7H,3-6H2,1-2H3/t7-/m0/s1. The molecule has 0 N–H and O–H groups in total. The molecule has 0 bridgehead atoms. The zero-order valence-corrected chi connectivity index (χ0v) is 8.08. The Labute approximate surface area is 77.8 Å². The van der Waals surface area contributed by atoms with Gasteiger partial charge in [-0.25, -0.2) is 0 Å². The number of esters is 1. The van der Waals surface area contributed by atoms with Crippen LogP contribution < -0.4 is 0 Å². The van der Waals surface area contributed by atoms with Crippen molar-refractivity contribution in [3.8, 4) is 0 Å². The molecule has 0 spiro atoms. The maximum absolute atomic E-state index is 11.3. The number of hydrogen-bond donors (Lipinski definition) is 0. The van der Waals surface area contributed by atoms with Crippen molar-refractivity contribution in [1.82, 2.24) is 4.90 Å². The quantitative estimate of drug-likeness (QED) is 0.586. The van der Waals surface area contributed by atoms with Crippen LogP contribution in [0.2, 0.25) is 0 Å². The number of rotatable bonds is 2. The zero-order valence-electron chi connectivity index (χ0n) is 8.08. The number of piperidine rings is 1. The SMILES string of the molecule is CCN1C[C@@H](C(=O)OC)CCC1=O. The van der Waals surface area contributed by atoms with Gasteiger partial charge in [-0.15, -0.1) is 0 Å². The molecule has 0 aromatic heterocycles. The van der Waals surface area contributed by atoms with Crippen LogP contribution in [0.25, 0.3) is 0 Å². The van der Waals surface area contributed by atoms with Crippen LogP contribution in [0.5, 0.6) is 0 Å². The monoisotopic (exact) mass is 185 g/mol. The molecule has 4 nitrogen and oxygen atoms in total. The van der Waals surface area contributed by atoms with Crippen LogP contribution in [0.4, 0.5) is 0 Å². The molecular formula is C9H15NO3. The first-order valence-electron chi connectivity index (χ1n) is 4.54. The van der Waals surface area contributed by atoms with E-state index in [2.05, 4.69) is 4.74 Å². The fourth-order valence-corrected chi connectivity index (χ4v) is 1.58. The summed E-state index contributed by atoms with van der Waals surface area (Å²) in [5, 5.41) is 0. The topological polar surface area (TPSA) is 46.6 Å². The molecule has 0 unspecified atom stereocenters. The average Bonchev–Trinajstić information content (AvgIpc) is 2.17. The first-order chi connectivity index (χ1) is 6.19. The minimum absolute atomic E-state index is 0.123. The van der Waals surface area contributed by atoms with Gasteiger partial charge in [-0.05, 0) is 13.3 Å². The van der Waals surface area contributed by atoms with Crippen LogP contribution >= 0.6 is 0 Å². The van der Waals surface area contributed by atoms with Crippen LogP contribution in [-0.2, 0) is 14.3 Å². The second-order valence-electron chi connectivity index (χ2n) is 3.19. The van der Waals surface area contributed by atoms with Crippen molar-refractivity contribution >= 4 is 11.9 Å². The van der Waals surface area contributed by atoms with Gasteiger partial charge in [0.15, 0.2) is 0 Å². The summed E-state index contributed by atoms with van der Waals surface area (Å²) in [6.45, 7) is 3.10. The Kier molecular flexibility index (Phi) is 3.28. The van der Waals surface area contributed by atoms with Crippen molar-refractivity contribution in [1.29, 1.82) is 0 Å². The first-order valence-corrected chi connectivity index (χ1v) is 4.54. The third-order valence-corrected chi connectivity index (χ3v) is 2.42. The molecule has 13 heavy (non-hydrogen) atoms. The molecule has 1 heterocycles. The smallest absolute Gasteiger partial charge is 0.310 e. The largest absolute Gasteiger partial charge is 0.469 e. The summed E-state index contributed by atoms with van der Waals surface area (Å²) in [5.41, 5.74) is 0. The molecule has 1 amide bonds. The third kappa shape index (κ3) is 2.20. The molecular weight excluding hydrogens is 170 g/mol. The lowest BCUT2D eigenvalue weighted by Crippen LogP contribution is -2.42. The number of likely N-dealkylation sites (tertiary alicyclic amines) is 1. The second-order valence-corrected chi connectivity index (χ2v) is 3.19. The van der Waals surface area contributed by atoms with Gasteiger partial charge in [-0.2, -0.15) is 0 Å². The van der Waals surface area contributed by atoms with Crippen molar-refractivity contribution < 1.29 is 14.3 Å². The summed E-state index contributed by atoms with van der Waals surface area (Å²) >= 11 is 0. The summed E-state index contributed by atoms with van der Waals surface area (Å²) in [5.74, 6) is -0.184. The highest BCUT2D eigenvalue weighted by Gasteiger charge is 2.29. The number of amides is 1. The van der Waals surface area contributed by atoms with Crippen LogP contribution in [0.15, 0.2) is 0 Å². The van der Waals surface area contributed by atoms with E-state index in [0.717, 1.165) is 0 Å². The molecule has 1 fully saturated rings. The van der Waals surface area contributed by atoms with E-state index in [1.807, 2.05) is 6.92 Å². The van der Waals surface area contributed by atoms with E-state index >= 15 is 0 Å². The number of carbonyl (C=O) groups is 2. The highest BCUT2D eigenvalue weighted by molar-refractivity contribution is 5.81. The van der Waals surface area contributed by atoms with Gasteiger partial charge >= 0.3 is 5.97 Å². The van der Waals surface area contributed by atoms with E-state index in [-0.39, 0.29) is 17.8 Å². The van der Waals surface area contributed by atoms with Crippen molar-refractivity contribution in [2.75, 3.05) is 20.2 Å². The lowest BCUT2D eigenvalue weighted by Gasteiger charge is -2.30. The fraction of sp³-hybridized carbons (Fsp3) is 0.778. The Balaban J connectivity index is 2.54. The van der Waals surface area contributed by atoms with Crippen molar-refractivity contribution in [2.45, 2.75) is 19.8 Å². The lowest BCUT2D eigenvalue weighted by atomic mass is 9.98. The highest BCUT2D eigenvalue weighted by atomic mass is 16.5. The van der Waals surface area contributed by atoms with E-state index in [0.29, 0.717) is 25.9 Å². The molecule has 1 saturated heterocycles. The predicted molar refractivity (Wildman–Crippen MR) is 47.0 cm³/mol. The molecule has 0 aromatic carbocycles. The Morgan fingerprint density at radius 1 is 1.69 bits per heavy atom. The van der Waals surface area contributed by atoms with Crippen LogP contribution in [0.3, 0.4) is 0 Å². The average molecular weight is 185 g/mol. The van der Waals surface area contributed by atoms with Gasteiger partial charge in [0, 0.05) is 19.5 Å². The number of carbonyl (C=O) groups excluding carboxylic acids is 2. The number of ether oxygens (including phenoxy) is 1. The van der Waals surface area contributed by atoms with Gasteiger partial charge in [-0.1, -0.05) is 0 Å². The fourth-order valence-electron chi connectivity index (χ4n) is 1.58. The molecule has 74 valence electrons. The summed E-state index contributed by atoms with van der Waals surface area (Å²) in [6, 6.07) is 0. The van der Waals surface area contributed by atoms with Crippen molar-refractivity contribution in [3.63, 3.8) is 0 Å². The van der Waals surface area contributed by atoms with Gasteiger partial charge < -0.3 is 9.64 Å². The van der Waals surface area contributed by atoms with E-state index in [1.54, 1.807) is 4.90 Å². The molecule has 0 radical (unpaired) electrons. The van der Waals surface area contributed by atoms with Crippen LogP contribution in [-0.4, -0.2) is 37.0 Å². The third-order valence-electron chi connectivity index (χ3n) is 2.42. The zero-order chi connectivity index (χ0) is 9.84. The Hall–Kier alpha value is -1.06. The Morgan fingerprint density at radius 2 is 2.38 bits per heavy atom. The lowest BCUT2D eigenvalue weighted by molar-refractivity contribution is -0.150. The summed E-state index contributed by atoms with van der Waals surface area (Å²) in [4.78, 5) is 24.1. The maximum atomic E-state index is 11.3. The van der Waals surface area contributed by atoms with Crippen LogP contribution in [0, 0.1) is 5.92 Å². The summed E-state index contributed by atoms with van der Waals surface area (Å²) < 4.78 is 4.64. The molecule has 0 saturated carbocycles. The summed E-state index contributed by atoms with van der Waals surface area (Å²) in [7, 11) is 1.38. The van der Waals surface area contributed by atoms with E-state index in [4.69, 9.17) is 0 Å². The highest BCUT2D eigenvalue weighted by Crippen LogP contribution is 2.18. The Bertz CT molecular complexity index is 215. The maximum Gasteiger partial charge on any atom is 0.310 e. The molecule has 1 aliphatic heterocycles. The van der Waals surface area contributed by atoms with E-state index < -0.39 is 0 Å². The van der Waals surface area contributed by atoms with Gasteiger partial charge in [0.25, 0.3) is 0 Å². The molecule has 4 heteroatoms. The predicted octanol–water partition coefficient (Wildman–Crippen LogP) is 0.418. The molecule has 0 aliphatic carbocycles. The van der Waals surface area contributed by atoms with Gasteiger partial charge in [0.1, 0.15) is 0 Å². The normalized spacial score (nSPS) is 23.1.